The third kappa shape index (κ3) is 5.09. The Morgan fingerprint density at radius 1 is 0.944 bits per heavy atom. The lowest BCUT2D eigenvalue weighted by Gasteiger charge is -2.36. The number of H-pyrrole nitrogens is 1. The van der Waals surface area contributed by atoms with Gasteiger partial charge in [-0.2, -0.15) is 0 Å². The molecular weight excluding hydrogens is 470 g/mol. The second-order valence-corrected chi connectivity index (χ2v) is 9.95. The van der Waals surface area contributed by atoms with E-state index in [-0.39, 0.29) is 11.8 Å². The smallest absolute Gasteiger partial charge is 0.317 e. The number of aromatic amines is 1. The van der Waals surface area contributed by atoms with Crippen LogP contribution in [0, 0.1) is 6.92 Å². The van der Waals surface area contributed by atoms with Gasteiger partial charge in [0.25, 0.3) is 5.91 Å². The van der Waals surface area contributed by atoms with E-state index in [1.807, 2.05) is 85.6 Å². The summed E-state index contributed by atoms with van der Waals surface area (Å²) in [7, 11) is 2.00. The van der Waals surface area contributed by atoms with E-state index in [1.165, 1.54) is 11.8 Å². The van der Waals surface area contributed by atoms with Crippen LogP contribution < -0.4 is 14.8 Å². The molecule has 1 fully saturated rings. The molecule has 0 spiro atoms. The number of aromatic nitrogens is 2. The van der Waals surface area contributed by atoms with Gasteiger partial charge in [-0.3, -0.25) is 9.59 Å². The number of rotatable bonds is 6. The van der Waals surface area contributed by atoms with E-state index in [4.69, 9.17) is 0 Å². The third-order valence-corrected chi connectivity index (χ3v) is 7.67. The van der Waals surface area contributed by atoms with Crippen molar-refractivity contribution in [2.24, 2.45) is 7.05 Å². The molecule has 1 saturated heterocycles. The number of imidazole rings is 1. The highest BCUT2D eigenvalue weighted by Crippen LogP contribution is 2.22. The maximum Gasteiger partial charge on any atom is 0.317 e. The zero-order chi connectivity index (χ0) is 25.1. The number of carbonyl (C=O) groups is 2. The van der Waals surface area contributed by atoms with Crippen LogP contribution in [0.3, 0.4) is 0 Å². The Morgan fingerprint density at radius 3 is 2.36 bits per heavy atom. The fraction of sp³-hybridized carbons (Fsp3) is 0.250. The molecular formula is C28H30N5O2S+. The Labute approximate surface area is 215 Å². The van der Waals surface area contributed by atoms with Crippen molar-refractivity contribution in [3.8, 4) is 0 Å². The third-order valence-electron chi connectivity index (χ3n) is 6.61. The molecule has 2 amide bonds. The number of benzene rings is 3. The van der Waals surface area contributed by atoms with E-state index in [0.29, 0.717) is 18.8 Å². The predicted octanol–water partition coefficient (Wildman–Crippen LogP) is 3.99. The number of carbonyl (C=O) groups excluding carboxylic acids is 2. The van der Waals surface area contributed by atoms with Crippen LogP contribution in [-0.2, 0) is 11.8 Å². The Morgan fingerprint density at radius 2 is 1.64 bits per heavy atom. The lowest BCUT2D eigenvalue weighted by molar-refractivity contribution is -0.683. The standard InChI is InChI=1S/C28H29N5O2S/c1-20-7-3-4-8-23(20)27(35)33-17-15-32(16-18-33)22-13-11-21(12-14-22)29-26(34)19-36-28-30-24-9-5-6-10-25(24)31(28)2/h3-14H,15-19H2,1-2H3,(H,29,34)/p+1. The topological polar surface area (TPSA) is 72.3 Å². The lowest BCUT2D eigenvalue weighted by Crippen LogP contribution is -2.48. The van der Waals surface area contributed by atoms with Gasteiger partial charge >= 0.3 is 5.16 Å². The van der Waals surface area contributed by atoms with Crippen LogP contribution in [-0.4, -0.2) is 53.6 Å². The monoisotopic (exact) mass is 500 g/mol. The Hall–Kier alpha value is -3.78. The minimum atomic E-state index is -0.0465. The average molecular weight is 501 g/mol. The summed E-state index contributed by atoms with van der Waals surface area (Å²) in [6, 6.07) is 23.8. The Kier molecular flexibility index (Phi) is 6.95. The first-order valence-corrected chi connectivity index (χ1v) is 13.1. The van der Waals surface area contributed by atoms with Gasteiger partial charge in [-0.25, -0.2) is 9.55 Å². The fourth-order valence-electron chi connectivity index (χ4n) is 4.55. The van der Waals surface area contributed by atoms with Crippen LogP contribution in [0.4, 0.5) is 11.4 Å². The maximum atomic E-state index is 12.9. The zero-order valence-electron chi connectivity index (χ0n) is 20.5. The van der Waals surface area contributed by atoms with Crippen LogP contribution in [0.2, 0.25) is 0 Å². The molecule has 7 nitrogen and oxygen atoms in total. The Balaban J connectivity index is 1.12. The molecule has 2 heterocycles. The first-order valence-electron chi connectivity index (χ1n) is 12.1. The number of para-hydroxylation sites is 2. The molecule has 0 saturated carbocycles. The number of piperazine rings is 1. The molecule has 0 atom stereocenters. The molecule has 0 aliphatic carbocycles. The number of thioether (sulfide) groups is 1. The molecule has 5 rings (SSSR count). The maximum absolute atomic E-state index is 12.9. The molecule has 3 aromatic carbocycles. The molecule has 2 N–H and O–H groups in total. The summed E-state index contributed by atoms with van der Waals surface area (Å²) in [4.78, 5) is 33.0. The summed E-state index contributed by atoms with van der Waals surface area (Å²) >= 11 is 1.48. The average Bonchev–Trinajstić information content (AvgIpc) is 3.23. The molecule has 1 aromatic heterocycles. The number of anilines is 2. The minimum Gasteiger partial charge on any atom is -0.368 e. The molecule has 184 valence electrons. The summed E-state index contributed by atoms with van der Waals surface area (Å²) in [6.45, 7) is 4.91. The highest BCUT2D eigenvalue weighted by molar-refractivity contribution is 7.99. The number of hydrogen-bond donors (Lipinski definition) is 2. The second kappa shape index (κ2) is 10.5. The first-order chi connectivity index (χ1) is 17.5. The van der Waals surface area contributed by atoms with Crippen molar-refractivity contribution in [3.63, 3.8) is 0 Å². The summed E-state index contributed by atoms with van der Waals surface area (Å²) in [6.07, 6.45) is 0. The van der Waals surface area contributed by atoms with E-state index in [9.17, 15) is 9.59 Å². The summed E-state index contributed by atoms with van der Waals surface area (Å²) in [5.41, 5.74) is 5.82. The Bertz CT molecular complexity index is 1390. The number of fused-ring (bicyclic) bond motifs is 1. The van der Waals surface area contributed by atoms with Crippen molar-refractivity contribution in [1.82, 2.24) is 9.88 Å². The van der Waals surface area contributed by atoms with Crippen molar-refractivity contribution < 1.29 is 14.2 Å². The van der Waals surface area contributed by atoms with Crippen LogP contribution in [0.25, 0.3) is 11.0 Å². The SMILES string of the molecule is Cc1ccccc1C(=O)N1CCN(c2ccc(NC(=O)CSc3[nH]c4ccccc4[n+]3C)cc2)CC1. The van der Waals surface area contributed by atoms with Crippen molar-refractivity contribution >= 4 is 46.0 Å². The van der Waals surface area contributed by atoms with Gasteiger partial charge in [0.15, 0.2) is 11.0 Å². The highest BCUT2D eigenvalue weighted by Gasteiger charge is 2.23. The summed E-state index contributed by atoms with van der Waals surface area (Å²) in [5.74, 6) is 0.374. The molecule has 0 radical (unpaired) electrons. The number of amides is 2. The summed E-state index contributed by atoms with van der Waals surface area (Å²) in [5, 5.41) is 3.93. The van der Waals surface area contributed by atoms with E-state index in [1.54, 1.807) is 0 Å². The van der Waals surface area contributed by atoms with Crippen molar-refractivity contribution in [3.05, 3.63) is 83.9 Å². The van der Waals surface area contributed by atoms with E-state index in [0.717, 1.165) is 51.8 Å². The lowest BCUT2D eigenvalue weighted by atomic mass is 10.1. The highest BCUT2D eigenvalue weighted by atomic mass is 32.2. The van der Waals surface area contributed by atoms with Gasteiger partial charge in [0.2, 0.25) is 5.91 Å². The predicted molar refractivity (Wildman–Crippen MR) is 145 cm³/mol. The molecule has 0 bridgehead atoms. The normalized spacial score (nSPS) is 13.7. The quantitative estimate of drug-likeness (QED) is 0.310. The van der Waals surface area contributed by atoms with Gasteiger partial charge in [0.1, 0.15) is 0 Å². The number of hydrogen-bond acceptors (Lipinski definition) is 4. The van der Waals surface area contributed by atoms with E-state index < -0.39 is 0 Å². The van der Waals surface area contributed by atoms with Gasteiger partial charge in [-0.1, -0.05) is 30.3 Å². The minimum absolute atomic E-state index is 0.0465. The largest absolute Gasteiger partial charge is 0.368 e. The van der Waals surface area contributed by atoms with E-state index in [2.05, 4.69) is 25.8 Å². The van der Waals surface area contributed by atoms with Crippen LogP contribution in [0.1, 0.15) is 15.9 Å². The van der Waals surface area contributed by atoms with Gasteiger partial charge in [0, 0.05) is 43.1 Å². The molecule has 8 heteroatoms. The van der Waals surface area contributed by atoms with Gasteiger partial charge in [0.05, 0.1) is 12.8 Å². The second-order valence-electron chi connectivity index (χ2n) is 8.98. The van der Waals surface area contributed by atoms with Gasteiger partial charge < -0.3 is 15.1 Å². The van der Waals surface area contributed by atoms with Crippen LogP contribution in [0.15, 0.2) is 78.0 Å². The summed E-state index contributed by atoms with van der Waals surface area (Å²) < 4.78 is 2.07. The first kappa shape index (κ1) is 23.9. The number of aryl methyl sites for hydroxylation is 2. The fourth-order valence-corrected chi connectivity index (χ4v) is 5.36. The van der Waals surface area contributed by atoms with Crippen LogP contribution >= 0.6 is 11.8 Å². The molecule has 36 heavy (non-hydrogen) atoms. The number of nitrogens with one attached hydrogen (secondary N) is 2. The van der Waals surface area contributed by atoms with Crippen molar-refractivity contribution in [2.45, 2.75) is 12.1 Å². The van der Waals surface area contributed by atoms with Gasteiger partial charge in [-0.15, -0.1) is 0 Å². The molecule has 1 aliphatic rings. The molecule has 4 aromatic rings. The number of nitrogens with zero attached hydrogens (tertiary/aromatic N) is 3. The van der Waals surface area contributed by atoms with Crippen molar-refractivity contribution in [2.75, 3.05) is 42.1 Å². The van der Waals surface area contributed by atoms with E-state index >= 15 is 0 Å². The zero-order valence-corrected chi connectivity index (χ0v) is 21.3. The molecule has 0 unspecified atom stereocenters. The molecule has 1 aliphatic heterocycles. The van der Waals surface area contributed by atoms with Crippen LogP contribution in [0.5, 0.6) is 0 Å². The van der Waals surface area contributed by atoms with Crippen molar-refractivity contribution in [1.29, 1.82) is 0 Å². The van der Waals surface area contributed by atoms with Gasteiger partial charge in [-0.05, 0) is 66.7 Å².